The Labute approximate surface area is 220 Å². The summed E-state index contributed by atoms with van der Waals surface area (Å²) in [5, 5.41) is 0.525. The molecule has 0 fully saturated rings. The van der Waals surface area contributed by atoms with E-state index in [4.69, 9.17) is 9.15 Å². The third kappa shape index (κ3) is 5.59. The first-order valence-electron chi connectivity index (χ1n) is 13.7. The SMILES string of the molecule is CCCCCCOc1ccc(C2c3c(oc4cc(C)c(C)cc4c3=O)C(=O)N2CCN(CC)CC)cc1. The van der Waals surface area contributed by atoms with Crippen LogP contribution in [0.15, 0.2) is 45.6 Å². The normalized spacial score (nSPS) is 15.1. The van der Waals surface area contributed by atoms with Crippen molar-refractivity contribution in [1.82, 2.24) is 9.80 Å². The van der Waals surface area contributed by atoms with Crippen molar-refractivity contribution in [2.24, 2.45) is 0 Å². The van der Waals surface area contributed by atoms with E-state index in [0.717, 1.165) is 48.5 Å². The van der Waals surface area contributed by atoms with E-state index in [0.29, 0.717) is 29.7 Å². The number of nitrogens with zero attached hydrogens (tertiary/aromatic N) is 2. The molecule has 6 nitrogen and oxygen atoms in total. The summed E-state index contributed by atoms with van der Waals surface area (Å²) in [7, 11) is 0. The Bertz CT molecular complexity index is 1290. The maximum atomic E-state index is 13.8. The topological polar surface area (TPSA) is 63.0 Å². The summed E-state index contributed by atoms with van der Waals surface area (Å²) in [6.45, 7) is 14.1. The van der Waals surface area contributed by atoms with Gasteiger partial charge < -0.3 is 19.0 Å². The Kier molecular flexibility index (Phi) is 8.70. The molecule has 4 rings (SSSR count). The zero-order valence-corrected chi connectivity index (χ0v) is 22.9. The van der Waals surface area contributed by atoms with Crippen molar-refractivity contribution in [3.05, 3.63) is 74.6 Å². The molecular formula is C31H40N2O4. The fraction of sp³-hybridized carbons (Fsp3) is 0.484. The number of hydrogen-bond donors (Lipinski definition) is 0. The third-order valence-corrected chi connectivity index (χ3v) is 7.60. The summed E-state index contributed by atoms with van der Waals surface area (Å²) < 4.78 is 12.1. The first kappa shape index (κ1) is 26.9. The first-order chi connectivity index (χ1) is 17.9. The van der Waals surface area contributed by atoms with E-state index in [2.05, 4.69) is 25.7 Å². The van der Waals surface area contributed by atoms with Crippen molar-refractivity contribution in [2.75, 3.05) is 32.8 Å². The van der Waals surface area contributed by atoms with Gasteiger partial charge in [-0.3, -0.25) is 9.59 Å². The van der Waals surface area contributed by atoms with Crippen LogP contribution < -0.4 is 10.2 Å². The van der Waals surface area contributed by atoms with E-state index in [-0.39, 0.29) is 17.1 Å². The summed E-state index contributed by atoms with van der Waals surface area (Å²) in [4.78, 5) is 31.6. The fourth-order valence-electron chi connectivity index (χ4n) is 5.11. The molecule has 1 unspecified atom stereocenters. The van der Waals surface area contributed by atoms with E-state index in [1.54, 1.807) is 4.90 Å². The summed E-state index contributed by atoms with van der Waals surface area (Å²) in [5.74, 6) is 0.748. The standard InChI is InChI=1S/C31H40N2O4/c1-6-9-10-11-18-36-24-14-12-23(13-15-24)28-27-29(34)25-19-21(4)22(5)20-26(25)37-30(27)31(35)33(28)17-16-32(7-2)8-3/h12-15,19-20,28H,6-11,16-18H2,1-5H3. The molecule has 37 heavy (non-hydrogen) atoms. The number of ether oxygens (including phenoxy) is 1. The van der Waals surface area contributed by atoms with Gasteiger partial charge in [0, 0.05) is 13.1 Å². The molecule has 198 valence electrons. The second-order valence-corrected chi connectivity index (χ2v) is 10.0. The minimum atomic E-state index is -0.487. The van der Waals surface area contributed by atoms with Crippen LogP contribution in [0.4, 0.5) is 0 Å². The number of benzene rings is 2. The maximum absolute atomic E-state index is 13.8. The Morgan fingerprint density at radius 1 is 0.946 bits per heavy atom. The number of fused-ring (bicyclic) bond motifs is 2. The Hall–Kier alpha value is -3.12. The predicted molar refractivity (Wildman–Crippen MR) is 149 cm³/mol. The van der Waals surface area contributed by atoms with E-state index in [1.807, 2.05) is 50.2 Å². The van der Waals surface area contributed by atoms with Gasteiger partial charge in [-0.05, 0) is 74.3 Å². The van der Waals surface area contributed by atoms with Gasteiger partial charge >= 0.3 is 0 Å². The molecule has 0 bridgehead atoms. The van der Waals surface area contributed by atoms with Crippen LogP contribution in [-0.4, -0.2) is 48.5 Å². The van der Waals surface area contributed by atoms with Crippen LogP contribution in [0.5, 0.6) is 5.75 Å². The van der Waals surface area contributed by atoms with Crippen molar-refractivity contribution in [2.45, 2.75) is 66.3 Å². The number of carbonyl (C=O) groups excluding carboxylic acids is 1. The summed E-state index contributed by atoms with van der Waals surface area (Å²) in [6, 6.07) is 11.1. The van der Waals surface area contributed by atoms with Crippen LogP contribution in [0.2, 0.25) is 0 Å². The van der Waals surface area contributed by atoms with E-state index in [1.165, 1.54) is 19.3 Å². The van der Waals surface area contributed by atoms with E-state index < -0.39 is 6.04 Å². The largest absolute Gasteiger partial charge is 0.494 e. The lowest BCUT2D eigenvalue weighted by atomic mass is 9.97. The Morgan fingerprint density at radius 2 is 1.65 bits per heavy atom. The molecule has 0 N–H and O–H groups in total. The molecule has 1 aliphatic heterocycles. The molecule has 1 atom stereocenters. The Morgan fingerprint density at radius 3 is 2.32 bits per heavy atom. The highest BCUT2D eigenvalue weighted by atomic mass is 16.5. The van der Waals surface area contributed by atoms with E-state index in [9.17, 15) is 9.59 Å². The molecule has 6 heteroatoms. The van der Waals surface area contributed by atoms with Gasteiger partial charge in [0.2, 0.25) is 5.76 Å². The van der Waals surface area contributed by atoms with Gasteiger partial charge in [0.25, 0.3) is 5.91 Å². The average Bonchev–Trinajstić information content (AvgIpc) is 3.18. The number of aryl methyl sites for hydroxylation is 2. The van der Waals surface area contributed by atoms with Crippen LogP contribution >= 0.6 is 0 Å². The van der Waals surface area contributed by atoms with Crippen molar-refractivity contribution < 1.29 is 13.9 Å². The van der Waals surface area contributed by atoms with Gasteiger partial charge in [0.05, 0.1) is 23.6 Å². The van der Waals surface area contributed by atoms with Gasteiger partial charge in [-0.1, -0.05) is 52.2 Å². The van der Waals surface area contributed by atoms with Gasteiger partial charge in [0.15, 0.2) is 5.43 Å². The van der Waals surface area contributed by atoms with Crippen molar-refractivity contribution in [3.8, 4) is 5.75 Å². The van der Waals surface area contributed by atoms with Crippen LogP contribution in [0.25, 0.3) is 11.0 Å². The van der Waals surface area contributed by atoms with Gasteiger partial charge in [-0.25, -0.2) is 0 Å². The summed E-state index contributed by atoms with van der Waals surface area (Å²) in [5.41, 5.74) is 3.73. The zero-order valence-electron chi connectivity index (χ0n) is 22.9. The minimum absolute atomic E-state index is 0.126. The highest BCUT2D eigenvalue weighted by molar-refractivity contribution is 5.99. The van der Waals surface area contributed by atoms with Gasteiger partial charge in [-0.2, -0.15) is 0 Å². The molecule has 1 aromatic heterocycles. The molecule has 0 aliphatic carbocycles. The lowest BCUT2D eigenvalue weighted by Crippen LogP contribution is -2.37. The Balaban J connectivity index is 1.71. The molecule has 0 saturated carbocycles. The quantitative estimate of drug-likeness (QED) is 0.273. The van der Waals surface area contributed by atoms with Gasteiger partial charge in [0.1, 0.15) is 11.3 Å². The molecule has 3 aromatic rings. The van der Waals surface area contributed by atoms with Gasteiger partial charge in [-0.15, -0.1) is 0 Å². The second-order valence-electron chi connectivity index (χ2n) is 10.0. The third-order valence-electron chi connectivity index (χ3n) is 7.60. The smallest absolute Gasteiger partial charge is 0.290 e. The molecule has 2 heterocycles. The van der Waals surface area contributed by atoms with Crippen molar-refractivity contribution in [3.63, 3.8) is 0 Å². The monoisotopic (exact) mass is 504 g/mol. The lowest BCUT2D eigenvalue weighted by Gasteiger charge is -2.28. The molecule has 1 aliphatic rings. The number of rotatable bonds is 12. The van der Waals surface area contributed by atoms with E-state index >= 15 is 0 Å². The maximum Gasteiger partial charge on any atom is 0.290 e. The number of amides is 1. The molecular weight excluding hydrogens is 464 g/mol. The second kappa shape index (κ2) is 12.0. The molecule has 2 aromatic carbocycles. The number of likely N-dealkylation sites (N-methyl/N-ethyl adjacent to an activating group) is 1. The molecule has 0 saturated heterocycles. The van der Waals surface area contributed by atoms with Crippen LogP contribution in [0.3, 0.4) is 0 Å². The van der Waals surface area contributed by atoms with Crippen LogP contribution in [0, 0.1) is 13.8 Å². The summed E-state index contributed by atoms with van der Waals surface area (Å²) in [6.07, 6.45) is 4.62. The zero-order chi connectivity index (χ0) is 26.5. The molecule has 1 amide bonds. The van der Waals surface area contributed by atoms with Crippen molar-refractivity contribution >= 4 is 16.9 Å². The first-order valence-corrected chi connectivity index (χ1v) is 13.7. The summed E-state index contributed by atoms with van der Waals surface area (Å²) >= 11 is 0. The highest BCUT2D eigenvalue weighted by Gasteiger charge is 2.42. The highest BCUT2D eigenvalue weighted by Crippen LogP contribution is 2.38. The number of carbonyl (C=O) groups is 1. The fourth-order valence-corrected chi connectivity index (χ4v) is 5.11. The molecule has 0 spiro atoms. The predicted octanol–water partition coefficient (Wildman–Crippen LogP) is 6.26. The number of hydrogen-bond acceptors (Lipinski definition) is 5. The molecule has 0 radical (unpaired) electrons. The minimum Gasteiger partial charge on any atom is -0.494 e. The lowest BCUT2D eigenvalue weighted by molar-refractivity contribution is 0.0708. The van der Waals surface area contributed by atoms with Crippen molar-refractivity contribution in [1.29, 1.82) is 0 Å². The van der Waals surface area contributed by atoms with Crippen LogP contribution in [-0.2, 0) is 0 Å². The average molecular weight is 505 g/mol. The number of unbranched alkanes of at least 4 members (excludes halogenated alkanes) is 3. The van der Waals surface area contributed by atoms with Crippen LogP contribution in [0.1, 0.15) is 85.3 Å².